The molecule has 0 aliphatic heterocycles. The van der Waals surface area contributed by atoms with E-state index in [0.29, 0.717) is 6.07 Å². The van der Waals surface area contributed by atoms with E-state index >= 15 is 0 Å². The molecule has 2 aromatic carbocycles. The van der Waals surface area contributed by atoms with Crippen LogP contribution in [0, 0.1) is 23.3 Å². The Hall–Kier alpha value is -2.57. The number of benzene rings is 2. The van der Waals surface area contributed by atoms with Gasteiger partial charge in [-0.2, -0.15) is 0 Å². The summed E-state index contributed by atoms with van der Waals surface area (Å²) >= 11 is 0. The number of amides is 1. The summed E-state index contributed by atoms with van der Waals surface area (Å²) in [4.78, 5) is 11.8. The molecule has 0 spiro atoms. The van der Waals surface area contributed by atoms with Gasteiger partial charge in [-0.05, 0) is 30.3 Å². The van der Waals surface area contributed by atoms with Crippen LogP contribution in [0.2, 0.25) is 0 Å². The molecule has 0 aliphatic rings. The predicted octanol–water partition coefficient (Wildman–Crippen LogP) is 3.08. The summed E-state index contributed by atoms with van der Waals surface area (Å²) in [7, 11) is 0. The number of hydrogen-bond donors (Lipinski definition) is 2. The number of halogens is 4. The molecule has 0 bridgehead atoms. The largest absolute Gasteiger partial charge is 0.396 e. The summed E-state index contributed by atoms with van der Waals surface area (Å²) in [6.45, 7) is 0. The number of hydrogen-bond acceptors (Lipinski definition) is 2. The number of rotatable bonds is 2. The van der Waals surface area contributed by atoms with Gasteiger partial charge in [0.2, 0.25) is 0 Å². The van der Waals surface area contributed by atoms with Crippen molar-refractivity contribution < 1.29 is 22.4 Å². The van der Waals surface area contributed by atoms with Crippen molar-refractivity contribution in [2.75, 3.05) is 11.1 Å². The van der Waals surface area contributed by atoms with E-state index in [2.05, 4.69) is 0 Å². The lowest BCUT2D eigenvalue weighted by Gasteiger charge is -2.08. The second-order valence-corrected chi connectivity index (χ2v) is 3.91. The van der Waals surface area contributed by atoms with Crippen LogP contribution in [0.1, 0.15) is 10.4 Å². The lowest BCUT2D eigenvalue weighted by atomic mass is 10.1. The Morgan fingerprint density at radius 1 is 0.950 bits per heavy atom. The topological polar surface area (TPSA) is 55.1 Å². The van der Waals surface area contributed by atoms with Gasteiger partial charge in [-0.15, -0.1) is 0 Å². The van der Waals surface area contributed by atoms with Crippen LogP contribution in [-0.2, 0) is 0 Å². The number of anilines is 2. The minimum Gasteiger partial charge on any atom is -0.396 e. The third kappa shape index (κ3) is 2.56. The van der Waals surface area contributed by atoms with Crippen LogP contribution < -0.4 is 11.1 Å². The first-order valence-corrected chi connectivity index (χ1v) is 5.40. The van der Waals surface area contributed by atoms with Gasteiger partial charge in [-0.25, -0.2) is 17.6 Å². The lowest BCUT2D eigenvalue weighted by molar-refractivity contribution is 0.102. The fraction of sp³-hybridized carbons (Fsp3) is 0. The molecule has 2 aromatic rings. The van der Waals surface area contributed by atoms with Crippen LogP contribution in [0.15, 0.2) is 30.3 Å². The van der Waals surface area contributed by atoms with E-state index in [1.54, 1.807) is 0 Å². The minimum atomic E-state index is -1.69. The van der Waals surface area contributed by atoms with Gasteiger partial charge in [0.25, 0.3) is 5.91 Å². The van der Waals surface area contributed by atoms with Crippen molar-refractivity contribution in [2.24, 2.45) is 0 Å². The van der Waals surface area contributed by atoms with Gasteiger partial charge < -0.3 is 11.1 Å². The molecule has 1 amide bonds. The normalized spacial score (nSPS) is 10.4. The molecule has 7 heteroatoms. The molecule has 0 saturated carbocycles. The summed E-state index contributed by atoms with van der Waals surface area (Å²) in [5.74, 6) is -6.12. The molecule has 2 rings (SSSR count). The molecule has 0 heterocycles. The highest BCUT2D eigenvalue weighted by Gasteiger charge is 2.16. The van der Waals surface area contributed by atoms with Crippen LogP contribution in [0.5, 0.6) is 0 Å². The molecule has 0 unspecified atom stereocenters. The minimum absolute atomic E-state index is 0.0481. The number of nitrogens with two attached hydrogens (primary N) is 1. The summed E-state index contributed by atoms with van der Waals surface area (Å²) < 4.78 is 52.0. The Bertz CT molecular complexity index is 688. The zero-order valence-electron chi connectivity index (χ0n) is 9.88. The van der Waals surface area contributed by atoms with E-state index in [1.807, 2.05) is 5.32 Å². The lowest BCUT2D eigenvalue weighted by Crippen LogP contribution is -2.14. The molecule has 3 nitrogen and oxygen atoms in total. The first-order valence-electron chi connectivity index (χ1n) is 5.40. The van der Waals surface area contributed by atoms with Crippen molar-refractivity contribution in [1.29, 1.82) is 0 Å². The maximum absolute atomic E-state index is 13.4. The number of carbonyl (C=O) groups excluding carboxylic acids is 1. The highest BCUT2D eigenvalue weighted by Crippen LogP contribution is 2.21. The van der Waals surface area contributed by atoms with E-state index in [9.17, 15) is 22.4 Å². The molecular weight excluding hydrogens is 276 g/mol. The SMILES string of the molecule is Nc1cc(C(=O)Nc2ccc(F)c(F)c2F)ccc1F. The number of nitrogens with one attached hydrogen (secondary N) is 1. The Morgan fingerprint density at radius 2 is 1.60 bits per heavy atom. The first kappa shape index (κ1) is 13.9. The molecule has 0 radical (unpaired) electrons. The molecule has 20 heavy (non-hydrogen) atoms. The molecular formula is C13H8F4N2O. The maximum Gasteiger partial charge on any atom is 0.255 e. The highest BCUT2D eigenvalue weighted by molar-refractivity contribution is 6.04. The zero-order chi connectivity index (χ0) is 14.9. The van der Waals surface area contributed by atoms with Gasteiger partial charge in [0.15, 0.2) is 17.5 Å². The standard InChI is InChI=1S/C13H8F4N2O/c14-7-2-1-6(5-9(7)18)13(20)19-10-4-3-8(15)11(16)12(10)17/h1-5H,18H2,(H,19,20). The summed E-state index contributed by atoms with van der Waals surface area (Å²) in [6.07, 6.45) is 0. The smallest absolute Gasteiger partial charge is 0.255 e. The number of nitrogen functional groups attached to an aromatic ring is 1. The molecule has 0 saturated heterocycles. The zero-order valence-corrected chi connectivity index (χ0v) is 9.88. The van der Waals surface area contributed by atoms with Gasteiger partial charge in [0.05, 0.1) is 11.4 Å². The first-order chi connectivity index (χ1) is 9.40. The summed E-state index contributed by atoms with van der Waals surface area (Å²) in [5.41, 5.74) is 4.45. The van der Waals surface area contributed by atoms with E-state index in [-0.39, 0.29) is 11.3 Å². The van der Waals surface area contributed by atoms with Gasteiger partial charge in [-0.1, -0.05) is 0 Å². The number of carbonyl (C=O) groups is 1. The van der Waals surface area contributed by atoms with Gasteiger partial charge in [0.1, 0.15) is 5.82 Å². The maximum atomic E-state index is 13.4. The second kappa shape index (κ2) is 5.20. The highest BCUT2D eigenvalue weighted by atomic mass is 19.2. The Morgan fingerprint density at radius 3 is 2.25 bits per heavy atom. The van der Waals surface area contributed by atoms with E-state index in [0.717, 1.165) is 24.3 Å². The Balaban J connectivity index is 2.28. The van der Waals surface area contributed by atoms with Crippen LogP contribution in [0.3, 0.4) is 0 Å². The summed E-state index contributed by atoms with van der Waals surface area (Å²) in [6, 6.07) is 4.68. The van der Waals surface area contributed by atoms with Gasteiger partial charge in [0, 0.05) is 5.56 Å². The van der Waals surface area contributed by atoms with Crippen LogP contribution in [0.25, 0.3) is 0 Å². The monoisotopic (exact) mass is 284 g/mol. The van der Waals surface area contributed by atoms with Gasteiger partial charge in [-0.3, -0.25) is 4.79 Å². The average Bonchev–Trinajstić information content (AvgIpc) is 2.42. The summed E-state index contributed by atoms with van der Waals surface area (Å²) in [5, 5.41) is 2.04. The van der Waals surface area contributed by atoms with Crippen molar-refractivity contribution in [2.45, 2.75) is 0 Å². The van der Waals surface area contributed by atoms with Crippen LogP contribution in [-0.4, -0.2) is 5.91 Å². The third-order valence-electron chi connectivity index (χ3n) is 2.54. The van der Waals surface area contributed by atoms with Crippen LogP contribution >= 0.6 is 0 Å². The Kier molecular flexibility index (Phi) is 3.60. The molecule has 104 valence electrons. The molecule has 0 aliphatic carbocycles. The molecule has 3 N–H and O–H groups in total. The fourth-order valence-corrected chi connectivity index (χ4v) is 1.50. The van der Waals surface area contributed by atoms with E-state index in [4.69, 9.17) is 5.73 Å². The molecule has 0 aromatic heterocycles. The van der Waals surface area contributed by atoms with Crippen molar-refractivity contribution in [3.63, 3.8) is 0 Å². The predicted molar refractivity (Wildman–Crippen MR) is 65.1 cm³/mol. The molecule has 0 atom stereocenters. The fourth-order valence-electron chi connectivity index (χ4n) is 1.50. The van der Waals surface area contributed by atoms with Crippen molar-refractivity contribution in [3.05, 3.63) is 59.2 Å². The average molecular weight is 284 g/mol. The van der Waals surface area contributed by atoms with Crippen molar-refractivity contribution in [1.82, 2.24) is 0 Å². The van der Waals surface area contributed by atoms with Gasteiger partial charge >= 0.3 is 0 Å². The van der Waals surface area contributed by atoms with E-state index in [1.165, 1.54) is 0 Å². The van der Waals surface area contributed by atoms with Crippen molar-refractivity contribution in [3.8, 4) is 0 Å². The second-order valence-electron chi connectivity index (χ2n) is 3.91. The third-order valence-corrected chi connectivity index (χ3v) is 2.54. The quantitative estimate of drug-likeness (QED) is 0.506. The Labute approximate surface area is 111 Å². The van der Waals surface area contributed by atoms with Crippen LogP contribution in [0.4, 0.5) is 28.9 Å². The van der Waals surface area contributed by atoms with E-state index < -0.39 is 34.9 Å². The molecule has 0 fully saturated rings. The van der Waals surface area contributed by atoms with Crippen molar-refractivity contribution >= 4 is 17.3 Å².